The van der Waals surface area contributed by atoms with Gasteiger partial charge in [-0.25, -0.2) is 23.1 Å². The molecule has 3 rings (SSSR count). The first kappa shape index (κ1) is 17.2. The zero-order valence-electron chi connectivity index (χ0n) is 13.2. The van der Waals surface area contributed by atoms with Crippen molar-refractivity contribution in [1.29, 1.82) is 0 Å². The smallest absolute Gasteiger partial charge is 0.241 e. The number of H-pyrrole nitrogens is 1. The predicted octanol–water partition coefficient (Wildman–Crippen LogP) is 0.503. The van der Waals surface area contributed by atoms with Gasteiger partial charge in [0.25, 0.3) is 0 Å². The number of aromatic nitrogens is 4. The van der Waals surface area contributed by atoms with Crippen LogP contribution in [0.1, 0.15) is 12.8 Å². The first-order valence-electron chi connectivity index (χ1n) is 7.53. The van der Waals surface area contributed by atoms with Crippen LogP contribution in [0.5, 0.6) is 0 Å². The molecule has 2 aromatic rings. The van der Waals surface area contributed by atoms with Crippen molar-refractivity contribution in [3.8, 4) is 5.69 Å². The molecule has 9 nitrogen and oxygen atoms in total. The van der Waals surface area contributed by atoms with Crippen LogP contribution >= 0.6 is 12.2 Å². The molecular weight excluding hydrogens is 350 g/mol. The van der Waals surface area contributed by atoms with Gasteiger partial charge < -0.3 is 0 Å². The summed E-state index contributed by atoms with van der Waals surface area (Å²) in [5, 5.41) is 13.9. The van der Waals surface area contributed by atoms with Crippen molar-refractivity contribution in [3.63, 3.8) is 0 Å². The zero-order valence-corrected chi connectivity index (χ0v) is 14.8. The quantitative estimate of drug-likeness (QED) is 0.565. The van der Waals surface area contributed by atoms with Crippen LogP contribution in [0.3, 0.4) is 0 Å². The molecule has 0 amide bonds. The van der Waals surface area contributed by atoms with Crippen LogP contribution in [-0.4, -0.2) is 65.4 Å². The molecule has 0 bridgehead atoms. The Morgan fingerprint density at radius 2 is 2.12 bits per heavy atom. The summed E-state index contributed by atoms with van der Waals surface area (Å²) in [5.74, 6) is 0. The number of hydrogen-bond donors (Lipinski definition) is 2. The minimum absolute atomic E-state index is 0.159. The Morgan fingerprint density at radius 3 is 2.79 bits per heavy atom. The lowest BCUT2D eigenvalue weighted by atomic mass is 10.3. The van der Waals surface area contributed by atoms with E-state index in [0.29, 0.717) is 5.69 Å². The summed E-state index contributed by atoms with van der Waals surface area (Å²) in [6, 6.07) is 6.44. The molecule has 1 aromatic heterocycles. The average Bonchev–Trinajstić information content (AvgIpc) is 3.24. The van der Waals surface area contributed by atoms with E-state index in [4.69, 9.17) is 12.2 Å². The summed E-state index contributed by atoms with van der Waals surface area (Å²) in [7, 11) is -1.76. The van der Waals surface area contributed by atoms with Crippen molar-refractivity contribution in [2.24, 2.45) is 0 Å². The fraction of sp³-hybridized carbons (Fsp3) is 0.462. The number of aromatic amines is 1. The molecular formula is C13H19N7O2S2. The van der Waals surface area contributed by atoms with Crippen molar-refractivity contribution in [3.05, 3.63) is 29.0 Å². The van der Waals surface area contributed by atoms with E-state index in [1.165, 1.54) is 16.8 Å². The third-order valence-corrected chi connectivity index (χ3v) is 5.55. The Hall–Kier alpha value is -1.66. The van der Waals surface area contributed by atoms with Crippen LogP contribution in [0.25, 0.3) is 5.69 Å². The van der Waals surface area contributed by atoms with E-state index in [2.05, 4.69) is 25.3 Å². The minimum Gasteiger partial charge on any atom is -0.241 e. The van der Waals surface area contributed by atoms with Crippen LogP contribution < -0.4 is 4.72 Å². The average molecular weight is 369 g/mol. The summed E-state index contributed by atoms with van der Waals surface area (Å²) in [6.45, 7) is 2.13. The maximum Gasteiger partial charge on any atom is 0.242 e. The van der Waals surface area contributed by atoms with Gasteiger partial charge in [-0.1, -0.05) is 16.4 Å². The molecule has 11 heteroatoms. The third-order valence-electron chi connectivity index (χ3n) is 3.91. The Labute approximate surface area is 145 Å². The summed E-state index contributed by atoms with van der Waals surface area (Å²) in [5.41, 5.74) is 0.556. The second kappa shape index (κ2) is 7.07. The molecule has 2 heterocycles. The fourth-order valence-electron chi connectivity index (χ4n) is 2.56. The number of hydrazine groups is 1. The van der Waals surface area contributed by atoms with Gasteiger partial charge in [-0.15, -0.1) is 0 Å². The molecule has 0 aliphatic carbocycles. The molecule has 1 aliphatic heterocycles. The van der Waals surface area contributed by atoms with Gasteiger partial charge >= 0.3 is 0 Å². The summed E-state index contributed by atoms with van der Waals surface area (Å²) >= 11 is 5.03. The van der Waals surface area contributed by atoms with Gasteiger partial charge in [0, 0.05) is 20.1 Å². The van der Waals surface area contributed by atoms with Crippen LogP contribution in [0.2, 0.25) is 0 Å². The normalized spacial score (nSPS) is 16.1. The van der Waals surface area contributed by atoms with E-state index < -0.39 is 10.0 Å². The Morgan fingerprint density at radius 1 is 1.38 bits per heavy atom. The Kier molecular flexibility index (Phi) is 5.06. The monoisotopic (exact) mass is 369 g/mol. The van der Waals surface area contributed by atoms with Crippen LogP contribution in [0, 0.1) is 4.77 Å². The number of sulfonamides is 1. The number of hydrogen-bond acceptors (Lipinski definition) is 7. The van der Waals surface area contributed by atoms with Crippen molar-refractivity contribution in [2.75, 3.05) is 26.8 Å². The zero-order chi connectivity index (χ0) is 17.2. The first-order valence-corrected chi connectivity index (χ1v) is 9.43. The molecule has 2 N–H and O–H groups in total. The lowest BCUT2D eigenvalue weighted by Gasteiger charge is -2.27. The van der Waals surface area contributed by atoms with Crippen molar-refractivity contribution < 1.29 is 8.42 Å². The van der Waals surface area contributed by atoms with Gasteiger partial charge in [0.05, 0.1) is 17.3 Å². The highest BCUT2D eigenvalue weighted by molar-refractivity contribution is 7.89. The molecule has 1 saturated heterocycles. The lowest BCUT2D eigenvalue weighted by Crippen LogP contribution is -2.44. The standard InChI is InChI=1S/C13H19N7O2S2/c1-18(19-7-2-3-8-19)10-14-24(21,22)12-6-4-5-11(9-12)20-13(23)15-16-17-20/h4-6,9,14H,2-3,7-8,10H2,1H3,(H,15,17,23). The van der Waals surface area contributed by atoms with Gasteiger partial charge in [0.2, 0.25) is 14.8 Å². The Bertz CT molecular complexity index is 855. The highest BCUT2D eigenvalue weighted by Crippen LogP contribution is 2.15. The van der Waals surface area contributed by atoms with Gasteiger partial charge in [0.1, 0.15) is 0 Å². The maximum absolute atomic E-state index is 12.5. The molecule has 0 spiro atoms. The van der Waals surface area contributed by atoms with Crippen molar-refractivity contribution in [2.45, 2.75) is 17.7 Å². The third kappa shape index (κ3) is 3.70. The lowest BCUT2D eigenvalue weighted by molar-refractivity contribution is 0.0230. The SMILES string of the molecule is CN(CNS(=O)(=O)c1cccc(-n2[nH]nnc2=S)c1)N1CCCC1. The Balaban J connectivity index is 1.75. The van der Waals surface area contributed by atoms with E-state index in [1.54, 1.807) is 12.1 Å². The predicted molar refractivity (Wildman–Crippen MR) is 90.3 cm³/mol. The minimum atomic E-state index is -3.63. The topological polar surface area (TPSA) is 99.1 Å². The van der Waals surface area contributed by atoms with Gasteiger partial charge in [-0.2, -0.15) is 9.94 Å². The van der Waals surface area contributed by atoms with Crippen molar-refractivity contribution >= 4 is 22.2 Å². The van der Waals surface area contributed by atoms with Crippen LogP contribution in [0.15, 0.2) is 29.2 Å². The number of nitrogens with one attached hydrogen (secondary N) is 2. The molecule has 0 atom stereocenters. The molecule has 1 aromatic carbocycles. The second-order valence-electron chi connectivity index (χ2n) is 5.54. The number of benzene rings is 1. The van der Waals surface area contributed by atoms with Crippen LogP contribution in [-0.2, 0) is 10.0 Å². The van der Waals surface area contributed by atoms with E-state index in [1.807, 2.05) is 12.1 Å². The van der Waals surface area contributed by atoms with Gasteiger partial charge in [-0.05, 0) is 43.3 Å². The van der Waals surface area contributed by atoms with Crippen molar-refractivity contribution in [1.82, 2.24) is 34.9 Å². The first-order chi connectivity index (χ1) is 11.5. The molecule has 0 unspecified atom stereocenters. The van der Waals surface area contributed by atoms with Gasteiger partial charge in [0.15, 0.2) is 0 Å². The highest BCUT2D eigenvalue weighted by Gasteiger charge is 2.20. The molecule has 0 saturated carbocycles. The summed E-state index contributed by atoms with van der Waals surface area (Å²) < 4.78 is 29.3. The highest BCUT2D eigenvalue weighted by atomic mass is 32.2. The summed E-state index contributed by atoms with van der Waals surface area (Å²) in [6.07, 6.45) is 2.27. The molecule has 1 aliphatic rings. The van der Waals surface area contributed by atoms with Gasteiger partial charge in [-0.3, -0.25) is 0 Å². The molecule has 24 heavy (non-hydrogen) atoms. The largest absolute Gasteiger partial charge is 0.242 e. The summed E-state index contributed by atoms with van der Waals surface area (Å²) in [4.78, 5) is 0.159. The van der Waals surface area contributed by atoms with Crippen LogP contribution in [0.4, 0.5) is 0 Å². The molecule has 0 radical (unpaired) electrons. The molecule has 1 fully saturated rings. The number of nitrogens with zero attached hydrogens (tertiary/aromatic N) is 5. The molecule has 130 valence electrons. The van der Waals surface area contributed by atoms with E-state index in [-0.39, 0.29) is 16.3 Å². The fourth-order valence-corrected chi connectivity index (χ4v) is 3.80. The number of tetrazole rings is 1. The van der Waals surface area contributed by atoms with E-state index >= 15 is 0 Å². The van der Waals surface area contributed by atoms with E-state index in [9.17, 15) is 8.42 Å². The van der Waals surface area contributed by atoms with E-state index in [0.717, 1.165) is 25.9 Å². The number of rotatable bonds is 6. The maximum atomic E-state index is 12.5. The second-order valence-corrected chi connectivity index (χ2v) is 7.67.